The first-order valence-electron chi connectivity index (χ1n) is 19.4. The summed E-state index contributed by atoms with van der Waals surface area (Å²) in [7, 11) is 0. The summed E-state index contributed by atoms with van der Waals surface area (Å²) in [6.45, 7) is 14.4. The van der Waals surface area contributed by atoms with E-state index in [0.717, 1.165) is 48.3 Å². The third-order valence-electron chi connectivity index (χ3n) is 13.6. The van der Waals surface area contributed by atoms with Crippen molar-refractivity contribution in [1.29, 1.82) is 0 Å². The van der Waals surface area contributed by atoms with Gasteiger partial charge in [-0.25, -0.2) is 0 Å². The van der Waals surface area contributed by atoms with Crippen molar-refractivity contribution in [2.24, 2.45) is 46.3 Å². The van der Waals surface area contributed by atoms with Crippen LogP contribution in [-0.2, 0) is 23.7 Å². The Balaban J connectivity index is 0.971. The largest absolute Gasteiger partial charge is 0.394 e. The first kappa shape index (κ1) is 38.6. The van der Waals surface area contributed by atoms with E-state index in [0.29, 0.717) is 37.3 Å². The lowest BCUT2D eigenvalue weighted by molar-refractivity contribution is -0.302. The van der Waals surface area contributed by atoms with Gasteiger partial charge in [0.05, 0.1) is 52.4 Å². The Morgan fingerprint density at radius 3 is 2.23 bits per heavy atom. The van der Waals surface area contributed by atoms with Crippen LogP contribution in [0.5, 0.6) is 0 Å². The van der Waals surface area contributed by atoms with Gasteiger partial charge in [-0.3, -0.25) is 0 Å². The van der Waals surface area contributed by atoms with Crippen LogP contribution < -0.4 is 0 Å². The Morgan fingerprint density at radius 1 is 0.812 bits per heavy atom. The topological polar surface area (TPSA) is 127 Å². The highest BCUT2D eigenvalue weighted by Crippen LogP contribution is 2.67. The molecule has 48 heavy (non-hydrogen) atoms. The van der Waals surface area contributed by atoms with Crippen molar-refractivity contribution in [2.75, 3.05) is 46.2 Å². The molecule has 4 aliphatic carbocycles. The third-order valence-corrected chi connectivity index (χ3v) is 13.6. The van der Waals surface area contributed by atoms with Gasteiger partial charge in [0.25, 0.3) is 0 Å². The summed E-state index contributed by atoms with van der Waals surface area (Å²) in [6.07, 6.45) is 11.2. The van der Waals surface area contributed by atoms with Gasteiger partial charge in [-0.1, -0.05) is 65.5 Å². The van der Waals surface area contributed by atoms with Crippen molar-refractivity contribution < 1.29 is 44.1 Å². The van der Waals surface area contributed by atoms with E-state index >= 15 is 0 Å². The van der Waals surface area contributed by atoms with E-state index in [-0.39, 0.29) is 19.3 Å². The van der Waals surface area contributed by atoms with E-state index in [9.17, 15) is 20.4 Å². The second-order valence-electron chi connectivity index (χ2n) is 16.8. The lowest BCUT2D eigenvalue weighted by Gasteiger charge is -2.58. The number of fused-ring (bicyclic) bond motifs is 5. The average molecular weight is 681 g/mol. The number of aliphatic hydroxyl groups excluding tert-OH is 4. The maximum Gasteiger partial charge on any atom is 0.186 e. The predicted octanol–water partition coefficient (Wildman–Crippen LogP) is 5.26. The number of hydrogen-bond acceptors (Lipinski definition) is 9. The van der Waals surface area contributed by atoms with Gasteiger partial charge in [-0.2, -0.15) is 0 Å². The van der Waals surface area contributed by atoms with Gasteiger partial charge >= 0.3 is 0 Å². The summed E-state index contributed by atoms with van der Waals surface area (Å²) >= 11 is 0. The molecule has 0 unspecified atom stereocenters. The predicted molar refractivity (Wildman–Crippen MR) is 184 cm³/mol. The van der Waals surface area contributed by atoms with Crippen LogP contribution in [0.15, 0.2) is 11.6 Å². The third kappa shape index (κ3) is 8.53. The Morgan fingerprint density at radius 2 is 1.52 bits per heavy atom. The molecule has 3 saturated carbocycles. The maximum absolute atomic E-state index is 10.0. The molecule has 1 saturated heterocycles. The molecule has 0 amide bonds. The van der Waals surface area contributed by atoms with Crippen LogP contribution in [0.1, 0.15) is 105 Å². The van der Waals surface area contributed by atoms with Crippen molar-refractivity contribution in [3.05, 3.63) is 11.6 Å². The molecule has 0 aromatic carbocycles. The molecule has 0 radical (unpaired) electrons. The first-order valence-corrected chi connectivity index (χ1v) is 19.4. The molecule has 4 N–H and O–H groups in total. The average Bonchev–Trinajstić information content (AvgIpc) is 3.42. The van der Waals surface area contributed by atoms with Gasteiger partial charge in [-0.05, 0) is 97.7 Å². The zero-order chi connectivity index (χ0) is 34.5. The molecule has 5 aliphatic rings. The van der Waals surface area contributed by atoms with Crippen molar-refractivity contribution in [3.63, 3.8) is 0 Å². The highest BCUT2D eigenvalue weighted by Gasteiger charge is 2.59. The van der Waals surface area contributed by atoms with Crippen LogP contribution >= 0.6 is 0 Å². The molecule has 5 rings (SSSR count). The Kier molecular flexibility index (Phi) is 13.9. The highest BCUT2D eigenvalue weighted by atomic mass is 16.7. The molecule has 0 aromatic rings. The smallest absolute Gasteiger partial charge is 0.186 e. The van der Waals surface area contributed by atoms with Crippen LogP contribution in [0.2, 0.25) is 0 Å². The van der Waals surface area contributed by atoms with E-state index in [1.807, 2.05) is 0 Å². The molecule has 9 heteroatoms. The monoisotopic (exact) mass is 680 g/mol. The van der Waals surface area contributed by atoms with Crippen LogP contribution in [0.3, 0.4) is 0 Å². The normalized spacial score (nSPS) is 41.8. The molecule has 1 aliphatic heterocycles. The lowest BCUT2D eigenvalue weighted by Crippen LogP contribution is -2.59. The molecule has 0 spiro atoms. The molecule has 1 heterocycles. The van der Waals surface area contributed by atoms with E-state index in [1.165, 1.54) is 57.8 Å². The summed E-state index contributed by atoms with van der Waals surface area (Å²) in [4.78, 5) is 0. The van der Waals surface area contributed by atoms with Gasteiger partial charge in [0.1, 0.15) is 24.4 Å². The number of allylic oxidation sites excluding steroid dienone is 1. The zero-order valence-corrected chi connectivity index (χ0v) is 30.6. The van der Waals surface area contributed by atoms with E-state index < -0.39 is 37.3 Å². The fourth-order valence-corrected chi connectivity index (χ4v) is 10.8. The fraction of sp³-hybridized carbons (Fsp3) is 0.949. The minimum absolute atomic E-state index is 0.127. The van der Waals surface area contributed by atoms with Crippen molar-refractivity contribution in [3.8, 4) is 0 Å². The Bertz CT molecular complexity index is 1020. The van der Waals surface area contributed by atoms with Gasteiger partial charge in [0.2, 0.25) is 0 Å². The minimum atomic E-state index is -1.45. The summed E-state index contributed by atoms with van der Waals surface area (Å²) in [5.74, 6) is 5.17. The molecule has 278 valence electrons. The molecular weight excluding hydrogens is 612 g/mol. The summed E-state index contributed by atoms with van der Waals surface area (Å²) in [6, 6.07) is 0. The first-order chi connectivity index (χ1) is 23.0. The zero-order valence-electron chi connectivity index (χ0n) is 30.6. The molecule has 4 fully saturated rings. The Labute approximate surface area is 290 Å². The number of hydrogen-bond donors (Lipinski definition) is 4. The highest BCUT2D eigenvalue weighted by molar-refractivity contribution is 5.25. The quantitative estimate of drug-likeness (QED) is 0.120. The van der Waals surface area contributed by atoms with Crippen molar-refractivity contribution in [2.45, 2.75) is 142 Å². The van der Waals surface area contributed by atoms with E-state index in [2.05, 4.69) is 40.7 Å². The molecule has 9 nitrogen and oxygen atoms in total. The van der Waals surface area contributed by atoms with Crippen molar-refractivity contribution >= 4 is 0 Å². The van der Waals surface area contributed by atoms with Crippen LogP contribution in [-0.4, -0.2) is 103 Å². The standard InChI is InChI=1S/C39H68O9/c1-25(2)7-6-8-26(3)30-11-12-31-29-10-9-27-23-28(13-15-38(27,4)32(29)14-16-39(30,31)5)46-21-19-44-17-18-45-20-22-47-37-36(43)35(42)34(41)33(24-40)48-37/h9,25-26,28-37,40-43H,6-8,10-24H2,1-5H3/t26-,28+,29+,30-,31+,32+,33-,34+,35+,36-,37-,38+,39-/m1/s1. The maximum atomic E-state index is 10.0. The second kappa shape index (κ2) is 17.3. The van der Waals surface area contributed by atoms with Gasteiger partial charge < -0.3 is 44.1 Å². The minimum Gasteiger partial charge on any atom is -0.394 e. The summed E-state index contributed by atoms with van der Waals surface area (Å²) in [5.41, 5.74) is 2.54. The number of rotatable bonds is 17. The molecular formula is C39H68O9. The number of aliphatic hydroxyl groups is 4. The molecule has 0 aromatic heterocycles. The van der Waals surface area contributed by atoms with Crippen LogP contribution in [0, 0.1) is 46.3 Å². The SMILES string of the molecule is CC(C)CCC[C@@H](C)[C@H]1CC[C@H]2[C@@H]3CC=C4C[C@@H](OCCOCCOCCO[C@@H]5O[C@H](CO)[C@H](O)[C@H](O)[C@H]5O)CC[C@]4(C)[C@H]3CC[C@]12C. The van der Waals surface area contributed by atoms with E-state index in [1.54, 1.807) is 5.57 Å². The van der Waals surface area contributed by atoms with Crippen molar-refractivity contribution in [1.82, 2.24) is 0 Å². The van der Waals surface area contributed by atoms with Gasteiger partial charge in [0, 0.05) is 0 Å². The Hall–Kier alpha value is -0.620. The molecule has 0 bridgehead atoms. The van der Waals surface area contributed by atoms with Gasteiger partial charge in [-0.15, -0.1) is 0 Å². The second-order valence-corrected chi connectivity index (χ2v) is 16.8. The fourth-order valence-electron chi connectivity index (χ4n) is 10.8. The van der Waals surface area contributed by atoms with E-state index in [4.69, 9.17) is 23.7 Å². The van der Waals surface area contributed by atoms with Gasteiger partial charge in [0.15, 0.2) is 6.29 Å². The number of ether oxygens (including phenoxy) is 5. The lowest BCUT2D eigenvalue weighted by atomic mass is 9.47. The summed E-state index contributed by atoms with van der Waals surface area (Å²) in [5, 5.41) is 39.0. The van der Waals surface area contributed by atoms with Crippen LogP contribution in [0.4, 0.5) is 0 Å². The summed E-state index contributed by atoms with van der Waals surface area (Å²) < 4.78 is 28.4. The molecule has 13 atom stereocenters. The van der Waals surface area contributed by atoms with Crippen LogP contribution in [0.25, 0.3) is 0 Å².